The first-order chi connectivity index (χ1) is 16.7. The highest BCUT2D eigenvalue weighted by molar-refractivity contribution is 5.96. The van der Waals surface area contributed by atoms with Gasteiger partial charge in [0.15, 0.2) is 5.82 Å². The number of fused-ring (bicyclic) bond motifs is 1. The second kappa shape index (κ2) is 8.82. The van der Waals surface area contributed by atoms with Gasteiger partial charge in [-0.05, 0) is 39.5 Å². The van der Waals surface area contributed by atoms with Crippen LogP contribution in [0.1, 0.15) is 51.3 Å². The Morgan fingerprint density at radius 1 is 1.09 bits per heavy atom. The predicted molar refractivity (Wildman–Crippen MR) is 132 cm³/mol. The molecule has 5 N–H and O–H groups in total. The number of anilines is 2. The number of rotatable bonds is 6. The molecule has 1 saturated carbocycles. The van der Waals surface area contributed by atoms with Crippen LogP contribution in [-0.2, 0) is 12.0 Å². The van der Waals surface area contributed by atoms with Gasteiger partial charge in [0.05, 0.1) is 23.6 Å². The quantitative estimate of drug-likeness (QED) is 0.326. The molecule has 0 amide bonds. The number of hydrogen-bond acceptors (Lipinski definition) is 10. The minimum atomic E-state index is -1.03. The number of hydrogen-bond donors (Lipinski definition) is 4. The highest BCUT2D eigenvalue weighted by Gasteiger charge is 2.25. The van der Waals surface area contributed by atoms with Crippen molar-refractivity contribution in [3.63, 3.8) is 0 Å². The van der Waals surface area contributed by atoms with Crippen LogP contribution in [0, 0.1) is 0 Å². The fourth-order valence-electron chi connectivity index (χ4n) is 4.28. The summed E-state index contributed by atoms with van der Waals surface area (Å²) in [5.74, 6) is 1.38. The Bertz CT molecular complexity index is 1360. The second-order valence-electron chi connectivity index (χ2n) is 9.44. The highest BCUT2D eigenvalue weighted by atomic mass is 16.3. The smallest absolute Gasteiger partial charge is 0.250 e. The van der Waals surface area contributed by atoms with Crippen LogP contribution in [0.5, 0.6) is 0 Å². The van der Waals surface area contributed by atoms with Gasteiger partial charge in [0.2, 0.25) is 5.95 Å². The Kier molecular flexibility index (Phi) is 5.81. The molecule has 4 aromatic rings. The molecule has 5 rings (SSSR count). The summed E-state index contributed by atoms with van der Waals surface area (Å²) in [6.07, 6.45) is 11.1. The summed E-state index contributed by atoms with van der Waals surface area (Å²) in [5.41, 5.74) is 9.22. The third-order valence-electron chi connectivity index (χ3n) is 6.32. The zero-order valence-electron chi connectivity index (χ0n) is 20.0. The van der Waals surface area contributed by atoms with Crippen LogP contribution in [0.2, 0.25) is 0 Å². The fourth-order valence-corrected chi connectivity index (χ4v) is 4.28. The van der Waals surface area contributed by atoms with Gasteiger partial charge in [-0.1, -0.05) is 6.92 Å². The Morgan fingerprint density at radius 2 is 1.86 bits per heavy atom. The van der Waals surface area contributed by atoms with Crippen molar-refractivity contribution in [3.05, 3.63) is 42.2 Å². The maximum absolute atomic E-state index is 10.1. The van der Waals surface area contributed by atoms with Crippen LogP contribution in [0.4, 0.5) is 11.6 Å². The van der Waals surface area contributed by atoms with Crippen molar-refractivity contribution in [3.8, 4) is 17.1 Å². The van der Waals surface area contributed by atoms with Crippen molar-refractivity contribution < 1.29 is 10.2 Å². The Morgan fingerprint density at radius 3 is 2.51 bits per heavy atom. The molecular weight excluding hydrogens is 446 g/mol. The number of nitrogen functional groups attached to an aromatic ring is 1. The van der Waals surface area contributed by atoms with Gasteiger partial charge in [-0.3, -0.25) is 0 Å². The van der Waals surface area contributed by atoms with Gasteiger partial charge >= 0.3 is 0 Å². The minimum absolute atomic E-state index is 0.149. The van der Waals surface area contributed by atoms with Crippen LogP contribution in [0.3, 0.4) is 0 Å². The lowest BCUT2D eigenvalue weighted by Crippen LogP contribution is -2.19. The first-order valence-corrected chi connectivity index (χ1v) is 11.7. The molecule has 0 radical (unpaired) electrons. The number of pyridine rings is 1. The zero-order chi connectivity index (χ0) is 24.7. The van der Waals surface area contributed by atoms with E-state index in [2.05, 4.69) is 25.4 Å². The lowest BCUT2D eigenvalue weighted by atomic mass is 10.0. The van der Waals surface area contributed by atoms with Crippen LogP contribution in [-0.4, -0.2) is 57.1 Å². The second-order valence-corrected chi connectivity index (χ2v) is 9.44. The molecule has 2 atom stereocenters. The fraction of sp³-hybridized carbons (Fsp3) is 0.417. The highest BCUT2D eigenvalue weighted by Crippen LogP contribution is 2.32. The molecule has 4 heterocycles. The van der Waals surface area contributed by atoms with Gasteiger partial charge in [-0.25, -0.2) is 29.6 Å². The summed E-state index contributed by atoms with van der Waals surface area (Å²) in [4.78, 5) is 22.7. The van der Waals surface area contributed by atoms with Crippen molar-refractivity contribution in [2.24, 2.45) is 0 Å². The summed E-state index contributed by atoms with van der Waals surface area (Å²) in [6.45, 7) is 5.38. The number of aliphatic hydroxyl groups excluding tert-OH is 1. The molecule has 1 aliphatic rings. The van der Waals surface area contributed by atoms with Crippen molar-refractivity contribution in [2.45, 2.75) is 64.2 Å². The van der Waals surface area contributed by atoms with E-state index in [0.29, 0.717) is 47.0 Å². The van der Waals surface area contributed by atoms with Crippen molar-refractivity contribution >= 4 is 22.7 Å². The molecule has 1 fully saturated rings. The summed E-state index contributed by atoms with van der Waals surface area (Å²) < 4.78 is 1.55. The van der Waals surface area contributed by atoms with Gasteiger partial charge in [-0.15, -0.1) is 0 Å². The van der Waals surface area contributed by atoms with E-state index < -0.39 is 5.60 Å². The van der Waals surface area contributed by atoms with E-state index in [1.54, 1.807) is 49.5 Å². The zero-order valence-corrected chi connectivity index (χ0v) is 20.0. The van der Waals surface area contributed by atoms with E-state index in [1.165, 1.54) is 0 Å². The molecule has 35 heavy (non-hydrogen) atoms. The van der Waals surface area contributed by atoms with Crippen LogP contribution in [0.15, 0.2) is 31.0 Å². The SMILES string of the molecule is CCc1nc2c(N)ncc(-c3cnn(-c4ncc(C(C)(C)O)cn4)c3)c2nc1N[C@@H]1CC[C@H](O)C1. The molecule has 0 saturated heterocycles. The molecule has 182 valence electrons. The van der Waals surface area contributed by atoms with Gasteiger partial charge < -0.3 is 21.3 Å². The number of aryl methyl sites for hydroxylation is 1. The van der Waals surface area contributed by atoms with Crippen molar-refractivity contribution in [1.29, 1.82) is 0 Å². The minimum Gasteiger partial charge on any atom is -0.393 e. The molecular formula is C24H29N9O2. The summed E-state index contributed by atoms with van der Waals surface area (Å²) in [6, 6.07) is 0.149. The standard InChI is InChI=1S/C24H29N9O2/c1-4-18-22(30-15-5-6-16(34)7-15)32-19-17(11-26-21(25)20(19)31-18)13-8-29-33(12-13)23-27-9-14(10-28-23)24(2,3)35/h8-12,15-16,34-35H,4-7H2,1-3H3,(H2,25,26)(H,30,32)/t15-,16+/m1/s1. The summed E-state index contributed by atoms with van der Waals surface area (Å²) >= 11 is 0. The van der Waals surface area contributed by atoms with E-state index in [-0.39, 0.29) is 12.1 Å². The molecule has 4 aromatic heterocycles. The largest absolute Gasteiger partial charge is 0.393 e. The average Bonchev–Trinajstić information content (AvgIpc) is 3.48. The Hall–Kier alpha value is -3.70. The van der Waals surface area contributed by atoms with E-state index in [4.69, 9.17) is 15.7 Å². The van der Waals surface area contributed by atoms with E-state index in [9.17, 15) is 10.2 Å². The van der Waals surface area contributed by atoms with E-state index >= 15 is 0 Å². The van der Waals surface area contributed by atoms with E-state index in [0.717, 1.165) is 29.7 Å². The average molecular weight is 476 g/mol. The predicted octanol–water partition coefficient (Wildman–Crippen LogP) is 2.36. The topological polar surface area (TPSA) is 161 Å². The summed E-state index contributed by atoms with van der Waals surface area (Å²) in [5, 5.41) is 27.9. The number of nitrogens with two attached hydrogens (primary N) is 1. The van der Waals surface area contributed by atoms with Crippen LogP contribution in [0.25, 0.3) is 28.1 Å². The molecule has 0 unspecified atom stereocenters. The molecule has 0 aliphatic heterocycles. The Balaban J connectivity index is 1.53. The normalized spacial score (nSPS) is 18.3. The number of nitrogens with zero attached hydrogens (tertiary/aromatic N) is 7. The van der Waals surface area contributed by atoms with Gasteiger partial charge in [0.1, 0.15) is 16.9 Å². The molecule has 1 aliphatic carbocycles. The van der Waals surface area contributed by atoms with E-state index in [1.807, 2.05) is 6.92 Å². The van der Waals surface area contributed by atoms with Crippen LogP contribution >= 0.6 is 0 Å². The lowest BCUT2D eigenvalue weighted by molar-refractivity contribution is 0.0778. The monoisotopic (exact) mass is 475 g/mol. The van der Waals surface area contributed by atoms with Crippen molar-refractivity contribution in [2.75, 3.05) is 11.1 Å². The molecule has 0 bridgehead atoms. The maximum Gasteiger partial charge on any atom is 0.250 e. The van der Waals surface area contributed by atoms with Crippen molar-refractivity contribution in [1.82, 2.24) is 34.7 Å². The maximum atomic E-state index is 10.1. The van der Waals surface area contributed by atoms with Gasteiger partial charge in [0.25, 0.3) is 0 Å². The summed E-state index contributed by atoms with van der Waals surface area (Å²) in [7, 11) is 0. The number of aromatic nitrogens is 7. The third kappa shape index (κ3) is 4.52. The number of aliphatic hydroxyl groups is 2. The third-order valence-corrected chi connectivity index (χ3v) is 6.32. The van der Waals surface area contributed by atoms with Crippen LogP contribution < -0.4 is 11.1 Å². The molecule has 0 spiro atoms. The lowest BCUT2D eigenvalue weighted by Gasteiger charge is -2.17. The molecule has 11 nitrogen and oxygen atoms in total. The molecule has 0 aromatic carbocycles. The number of nitrogens with one attached hydrogen (secondary N) is 1. The first kappa shape index (κ1) is 23.1. The first-order valence-electron chi connectivity index (χ1n) is 11.7. The Labute approximate surface area is 202 Å². The molecule has 11 heteroatoms. The van der Waals surface area contributed by atoms with Gasteiger partial charge in [-0.2, -0.15) is 5.10 Å². The van der Waals surface area contributed by atoms with Gasteiger partial charge in [0, 0.05) is 47.5 Å².